The van der Waals surface area contributed by atoms with E-state index in [2.05, 4.69) is 0 Å². The van der Waals surface area contributed by atoms with Crippen LogP contribution in [0.2, 0.25) is 0 Å². The highest BCUT2D eigenvalue weighted by atomic mass is 32.2. The van der Waals surface area contributed by atoms with E-state index in [0.29, 0.717) is 45.6 Å². The van der Waals surface area contributed by atoms with E-state index in [1.807, 2.05) is 0 Å². The minimum absolute atomic E-state index is 0.0310. The molecule has 0 radical (unpaired) electrons. The number of nitrogens with zero attached hydrogens (tertiary/aromatic N) is 3. The van der Waals surface area contributed by atoms with Crippen LogP contribution in [-0.4, -0.2) is 81.4 Å². The summed E-state index contributed by atoms with van der Waals surface area (Å²) in [6.45, 7) is 4.05. The molecule has 1 aromatic rings. The maximum atomic E-state index is 12.4. The molecular formula is C18H27N3O5S. The van der Waals surface area contributed by atoms with Crippen LogP contribution in [0.1, 0.15) is 18.9 Å². The van der Waals surface area contributed by atoms with Crippen LogP contribution in [0.15, 0.2) is 29.2 Å². The Morgan fingerprint density at radius 2 is 1.59 bits per heavy atom. The summed E-state index contributed by atoms with van der Waals surface area (Å²) in [4.78, 5) is 27.7. The molecule has 150 valence electrons. The van der Waals surface area contributed by atoms with Gasteiger partial charge in [-0.05, 0) is 31.0 Å². The molecule has 9 heteroatoms. The van der Waals surface area contributed by atoms with Gasteiger partial charge in [-0.2, -0.15) is 0 Å². The average molecular weight is 397 g/mol. The van der Waals surface area contributed by atoms with Gasteiger partial charge in [0.25, 0.3) is 0 Å². The van der Waals surface area contributed by atoms with Crippen molar-refractivity contribution in [1.82, 2.24) is 14.1 Å². The Labute approximate surface area is 160 Å². The van der Waals surface area contributed by atoms with Crippen LogP contribution < -0.4 is 0 Å². The lowest BCUT2D eigenvalue weighted by atomic mass is 10.1. The van der Waals surface area contributed by atoms with Gasteiger partial charge < -0.3 is 14.5 Å². The number of ether oxygens (including phenoxy) is 1. The summed E-state index contributed by atoms with van der Waals surface area (Å²) in [7, 11) is -0.463. The zero-order chi connectivity index (χ0) is 20.0. The number of piperazine rings is 1. The molecule has 8 nitrogen and oxygen atoms in total. The highest BCUT2D eigenvalue weighted by Crippen LogP contribution is 2.15. The molecule has 1 aromatic carbocycles. The van der Waals surface area contributed by atoms with Gasteiger partial charge in [-0.1, -0.05) is 12.1 Å². The molecule has 1 fully saturated rings. The summed E-state index contributed by atoms with van der Waals surface area (Å²) in [6.07, 6.45) is 0.552. The van der Waals surface area contributed by atoms with E-state index in [4.69, 9.17) is 4.74 Å². The highest BCUT2D eigenvalue weighted by Gasteiger charge is 2.24. The molecule has 0 aromatic heterocycles. The number of amides is 2. The van der Waals surface area contributed by atoms with Crippen molar-refractivity contribution < 1.29 is 22.7 Å². The summed E-state index contributed by atoms with van der Waals surface area (Å²) in [5, 5.41) is 0. The second-order valence-electron chi connectivity index (χ2n) is 6.50. The normalized spacial score (nSPS) is 15.1. The molecular weight excluding hydrogens is 370 g/mol. The van der Waals surface area contributed by atoms with E-state index >= 15 is 0 Å². The molecule has 1 heterocycles. The van der Waals surface area contributed by atoms with Gasteiger partial charge in [0.15, 0.2) is 0 Å². The van der Waals surface area contributed by atoms with Crippen molar-refractivity contribution in [3.05, 3.63) is 29.8 Å². The molecule has 27 heavy (non-hydrogen) atoms. The number of rotatable bonds is 6. The predicted octanol–water partition coefficient (Wildman–Crippen LogP) is 1.17. The van der Waals surface area contributed by atoms with E-state index in [-0.39, 0.29) is 16.9 Å². The van der Waals surface area contributed by atoms with E-state index in [9.17, 15) is 18.0 Å². The number of carbonyl (C=O) groups excluding carboxylic acids is 2. The third-order valence-corrected chi connectivity index (χ3v) is 6.32. The second-order valence-corrected chi connectivity index (χ2v) is 8.65. The van der Waals surface area contributed by atoms with Crippen molar-refractivity contribution in [3.63, 3.8) is 0 Å². The lowest BCUT2D eigenvalue weighted by molar-refractivity contribution is -0.132. The summed E-state index contributed by atoms with van der Waals surface area (Å²) in [6, 6.07) is 6.60. The molecule has 0 saturated carbocycles. The van der Waals surface area contributed by atoms with Crippen LogP contribution in [0.4, 0.5) is 4.79 Å². The number of hydrogen-bond acceptors (Lipinski definition) is 5. The van der Waals surface area contributed by atoms with Gasteiger partial charge in [-0.25, -0.2) is 17.5 Å². The number of aryl methyl sites for hydroxylation is 1. The molecule has 1 aliphatic heterocycles. The van der Waals surface area contributed by atoms with Gasteiger partial charge in [-0.3, -0.25) is 4.79 Å². The first-order valence-corrected chi connectivity index (χ1v) is 10.4. The minimum atomic E-state index is -3.44. The van der Waals surface area contributed by atoms with E-state index < -0.39 is 10.0 Å². The average Bonchev–Trinajstić information content (AvgIpc) is 2.66. The van der Waals surface area contributed by atoms with Gasteiger partial charge in [0.05, 0.1) is 11.5 Å². The molecule has 2 rings (SSSR count). The molecule has 0 spiro atoms. The van der Waals surface area contributed by atoms with Crippen LogP contribution in [0.3, 0.4) is 0 Å². The molecule has 0 unspecified atom stereocenters. The number of carbonyl (C=O) groups is 2. The van der Waals surface area contributed by atoms with E-state index in [0.717, 1.165) is 5.56 Å². The van der Waals surface area contributed by atoms with E-state index in [1.165, 1.54) is 18.4 Å². The molecule has 0 aliphatic carbocycles. The lowest BCUT2D eigenvalue weighted by Gasteiger charge is -2.34. The molecule has 1 aliphatic rings. The van der Waals surface area contributed by atoms with Gasteiger partial charge in [-0.15, -0.1) is 0 Å². The van der Waals surface area contributed by atoms with Crippen LogP contribution in [0, 0.1) is 0 Å². The Kier molecular flexibility index (Phi) is 7.20. The Morgan fingerprint density at radius 3 is 2.11 bits per heavy atom. The SMILES string of the molecule is CCOC(=O)N1CCN(C(=O)CCc2ccc(S(=O)(=O)N(C)C)cc2)CC1. The van der Waals surface area contributed by atoms with Crippen molar-refractivity contribution >= 4 is 22.0 Å². The quantitative estimate of drug-likeness (QED) is 0.719. The summed E-state index contributed by atoms with van der Waals surface area (Å²) >= 11 is 0. The molecule has 1 saturated heterocycles. The second kappa shape index (κ2) is 9.18. The topological polar surface area (TPSA) is 87.2 Å². The number of benzene rings is 1. The lowest BCUT2D eigenvalue weighted by Crippen LogP contribution is -2.50. The molecule has 0 N–H and O–H groups in total. The summed E-state index contributed by atoms with van der Waals surface area (Å²) in [5.74, 6) is 0.0310. The molecule has 2 amide bonds. The van der Waals surface area contributed by atoms with Crippen LogP contribution in [0.25, 0.3) is 0 Å². The monoisotopic (exact) mass is 397 g/mol. The fourth-order valence-electron chi connectivity index (χ4n) is 2.80. The van der Waals surface area contributed by atoms with Gasteiger partial charge >= 0.3 is 6.09 Å². The van der Waals surface area contributed by atoms with Crippen LogP contribution in [-0.2, 0) is 26.0 Å². The Bertz CT molecular complexity index is 754. The zero-order valence-corrected chi connectivity index (χ0v) is 16.9. The van der Waals surface area contributed by atoms with Crippen molar-refractivity contribution in [2.45, 2.75) is 24.7 Å². The zero-order valence-electron chi connectivity index (χ0n) is 16.1. The van der Waals surface area contributed by atoms with Crippen LogP contribution in [0.5, 0.6) is 0 Å². The largest absolute Gasteiger partial charge is 0.450 e. The first-order chi connectivity index (χ1) is 12.8. The van der Waals surface area contributed by atoms with E-state index in [1.54, 1.807) is 41.0 Å². The highest BCUT2D eigenvalue weighted by molar-refractivity contribution is 7.89. The molecule has 0 bridgehead atoms. The fraction of sp³-hybridized carbons (Fsp3) is 0.556. The molecule has 0 atom stereocenters. The summed E-state index contributed by atoms with van der Waals surface area (Å²) in [5.41, 5.74) is 0.909. The van der Waals surface area contributed by atoms with Crippen molar-refractivity contribution in [3.8, 4) is 0 Å². The first-order valence-electron chi connectivity index (χ1n) is 8.96. The standard InChI is InChI=1S/C18H27N3O5S/c1-4-26-18(23)21-13-11-20(12-14-21)17(22)10-7-15-5-8-16(9-6-15)27(24,25)19(2)3/h5-6,8-9H,4,7,10-14H2,1-3H3. The maximum Gasteiger partial charge on any atom is 0.409 e. The Balaban J connectivity index is 1.83. The fourth-order valence-corrected chi connectivity index (χ4v) is 3.70. The Morgan fingerprint density at radius 1 is 1.04 bits per heavy atom. The third-order valence-electron chi connectivity index (χ3n) is 4.49. The van der Waals surface area contributed by atoms with Gasteiger partial charge in [0.1, 0.15) is 0 Å². The van der Waals surface area contributed by atoms with Crippen molar-refractivity contribution in [1.29, 1.82) is 0 Å². The smallest absolute Gasteiger partial charge is 0.409 e. The predicted molar refractivity (Wildman–Crippen MR) is 101 cm³/mol. The number of sulfonamides is 1. The van der Waals surface area contributed by atoms with Crippen LogP contribution >= 0.6 is 0 Å². The van der Waals surface area contributed by atoms with Gasteiger partial charge in [0, 0.05) is 46.7 Å². The third kappa shape index (κ3) is 5.43. The Hall–Kier alpha value is -2.13. The minimum Gasteiger partial charge on any atom is -0.450 e. The number of hydrogen-bond donors (Lipinski definition) is 0. The maximum absolute atomic E-state index is 12.4. The van der Waals surface area contributed by atoms with Gasteiger partial charge in [0.2, 0.25) is 15.9 Å². The van der Waals surface area contributed by atoms with Crippen molar-refractivity contribution in [2.24, 2.45) is 0 Å². The first kappa shape index (κ1) is 21.2. The summed E-state index contributed by atoms with van der Waals surface area (Å²) < 4.78 is 30.3. The van der Waals surface area contributed by atoms with Crippen molar-refractivity contribution in [2.75, 3.05) is 46.9 Å².